The molecule has 31 heavy (non-hydrogen) atoms. The summed E-state index contributed by atoms with van der Waals surface area (Å²) in [6.45, 7) is 1.43. The van der Waals surface area contributed by atoms with Crippen LogP contribution in [-0.4, -0.2) is 43.7 Å². The molecule has 0 aliphatic carbocycles. The summed E-state index contributed by atoms with van der Waals surface area (Å²) in [6, 6.07) is 11.0. The van der Waals surface area contributed by atoms with Gasteiger partial charge in [-0.1, -0.05) is 12.1 Å². The van der Waals surface area contributed by atoms with Crippen LogP contribution < -0.4 is 9.44 Å². The van der Waals surface area contributed by atoms with E-state index in [2.05, 4.69) is 19.5 Å². The molecular weight excluding hydrogens is 442 g/mol. The number of hydrogen-bond acceptors (Lipinski definition) is 7. The molecule has 3 aromatic heterocycles. The van der Waals surface area contributed by atoms with Crippen LogP contribution in [0.4, 0.5) is 5.69 Å². The Hall–Kier alpha value is -3.22. The van der Waals surface area contributed by atoms with Crippen LogP contribution in [0.15, 0.2) is 70.4 Å². The number of anilines is 1. The van der Waals surface area contributed by atoms with Crippen molar-refractivity contribution in [1.29, 1.82) is 0 Å². The SMILES string of the molecule is Cc1nc(-c2ccc(S(=O)(=O)NCCS(=O)(=O)Nc3ccn4nccc4c3)cc2)co1. The van der Waals surface area contributed by atoms with Gasteiger partial charge in [0.25, 0.3) is 0 Å². The van der Waals surface area contributed by atoms with Crippen LogP contribution in [0.25, 0.3) is 16.8 Å². The monoisotopic (exact) mass is 461 g/mol. The number of aromatic nitrogens is 3. The Morgan fingerprint density at radius 2 is 1.84 bits per heavy atom. The lowest BCUT2D eigenvalue weighted by molar-refractivity contribution is 0.521. The fourth-order valence-corrected chi connectivity index (χ4v) is 5.03. The Balaban J connectivity index is 1.37. The third-order valence-corrected chi connectivity index (χ3v) is 7.18. The molecule has 0 aliphatic heterocycles. The third-order valence-electron chi connectivity index (χ3n) is 4.42. The average Bonchev–Trinajstić information content (AvgIpc) is 3.36. The molecule has 2 N–H and O–H groups in total. The zero-order valence-corrected chi connectivity index (χ0v) is 18.0. The number of pyridine rings is 1. The van der Waals surface area contributed by atoms with E-state index in [0.29, 0.717) is 22.8 Å². The highest BCUT2D eigenvalue weighted by Gasteiger charge is 2.17. The van der Waals surface area contributed by atoms with E-state index in [1.165, 1.54) is 18.4 Å². The summed E-state index contributed by atoms with van der Waals surface area (Å²) in [5, 5.41) is 4.04. The second-order valence-electron chi connectivity index (χ2n) is 6.71. The van der Waals surface area contributed by atoms with Gasteiger partial charge in [-0.3, -0.25) is 4.72 Å². The molecule has 0 fully saturated rings. The highest BCUT2D eigenvalue weighted by molar-refractivity contribution is 7.92. The lowest BCUT2D eigenvalue weighted by Crippen LogP contribution is -2.31. The number of sulfonamides is 2. The van der Waals surface area contributed by atoms with E-state index in [-0.39, 0.29) is 11.4 Å². The van der Waals surface area contributed by atoms with Crippen LogP contribution in [0.1, 0.15) is 5.89 Å². The first-order chi connectivity index (χ1) is 14.7. The van der Waals surface area contributed by atoms with Crippen LogP contribution in [0.5, 0.6) is 0 Å². The van der Waals surface area contributed by atoms with Crippen molar-refractivity contribution >= 4 is 31.3 Å². The largest absolute Gasteiger partial charge is 0.449 e. The van der Waals surface area contributed by atoms with Crippen molar-refractivity contribution in [3.05, 3.63) is 67.0 Å². The van der Waals surface area contributed by atoms with Crippen molar-refractivity contribution in [2.24, 2.45) is 0 Å². The van der Waals surface area contributed by atoms with Gasteiger partial charge in [0.05, 0.1) is 21.9 Å². The third kappa shape index (κ3) is 4.93. The van der Waals surface area contributed by atoms with Gasteiger partial charge in [0.2, 0.25) is 20.0 Å². The molecule has 0 radical (unpaired) electrons. The Morgan fingerprint density at radius 3 is 2.55 bits per heavy atom. The summed E-state index contributed by atoms with van der Waals surface area (Å²) >= 11 is 0. The van der Waals surface area contributed by atoms with E-state index < -0.39 is 25.8 Å². The molecule has 0 bridgehead atoms. The molecule has 1 aromatic carbocycles. The molecule has 0 saturated carbocycles. The normalized spacial score (nSPS) is 12.3. The maximum Gasteiger partial charge on any atom is 0.240 e. The maximum atomic E-state index is 12.5. The van der Waals surface area contributed by atoms with Gasteiger partial charge >= 0.3 is 0 Å². The molecule has 12 heteroatoms. The van der Waals surface area contributed by atoms with Gasteiger partial charge < -0.3 is 4.42 Å². The number of benzene rings is 1. The summed E-state index contributed by atoms with van der Waals surface area (Å²) in [7, 11) is -7.62. The molecule has 0 saturated heterocycles. The highest BCUT2D eigenvalue weighted by Crippen LogP contribution is 2.20. The number of nitrogens with one attached hydrogen (secondary N) is 2. The number of fused-ring (bicyclic) bond motifs is 1. The lowest BCUT2D eigenvalue weighted by Gasteiger charge is -2.10. The maximum absolute atomic E-state index is 12.5. The molecule has 0 aliphatic rings. The van der Waals surface area contributed by atoms with Crippen molar-refractivity contribution in [2.45, 2.75) is 11.8 Å². The Bertz CT molecular complexity index is 1420. The molecule has 162 valence electrons. The average molecular weight is 462 g/mol. The quantitative estimate of drug-likeness (QED) is 0.410. The van der Waals surface area contributed by atoms with Gasteiger partial charge in [0.1, 0.15) is 12.0 Å². The second kappa shape index (κ2) is 8.13. The first kappa shape index (κ1) is 21.0. The summed E-state index contributed by atoms with van der Waals surface area (Å²) in [5.74, 6) is 0.0840. The first-order valence-corrected chi connectivity index (χ1v) is 12.3. The smallest absolute Gasteiger partial charge is 0.240 e. The fraction of sp³-hybridized carbons (Fsp3) is 0.158. The minimum Gasteiger partial charge on any atom is -0.449 e. The Morgan fingerprint density at radius 1 is 1.06 bits per heavy atom. The summed E-state index contributed by atoms with van der Waals surface area (Å²) in [5.41, 5.74) is 2.40. The second-order valence-corrected chi connectivity index (χ2v) is 10.3. The molecule has 0 atom stereocenters. The van der Waals surface area contributed by atoms with Crippen molar-refractivity contribution in [1.82, 2.24) is 19.3 Å². The van der Waals surface area contributed by atoms with Gasteiger partial charge in [-0.15, -0.1) is 0 Å². The molecule has 3 heterocycles. The first-order valence-electron chi connectivity index (χ1n) is 9.18. The standard InChI is InChI=1S/C19H19N5O5S2/c1-14-22-19(13-29-14)15-2-4-18(5-3-15)31(27,28)21-9-11-30(25,26)23-16-7-10-24-17(12-16)6-8-20-24/h2-8,10,12-13,21,23H,9,11H2,1H3. The Kier molecular flexibility index (Phi) is 5.52. The number of hydrogen-bond donors (Lipinski definition) is 2. The van der Waals surface area contributed by atoms with E-state index in [1.54, 1.807) is 54.2 Å². The topological polar surface area (TPSA) is 136 Å². The summed E-state index contributed by atoms with van der Waals surface area (Å²) in [6.07, 6.45) is 4.71. The molecule has 4 rings (SSSR count). The van der Waals surface area contributed by atoms with Gasteiger partial charge in [-0.2, -0.15) is 5.10 Å². The number of nitrogens with zero attached hydrogens (tertiary/aromatic N) is 3. The Labute approximate surface area is 179 Å². The van der Waals surface area contributed by atoms with E-state index in [0.717, 1.165) is 5.52 Å². The van der Waals surface area contributed by atoms with Gasteiger partial charge in [0, 0.05) is 31.4 Å². The van der Waals surface area contributed by atoms with Crippen LogP contribution in [0, 0.1) is 6.92 Å². The van der Waals surface area contributed by atoms with Crippen LogP contribution in [-0.2, 0) is 20.0 Å². The van der Waals surface area contributed by atoms with E-state index >= 15 is 0 Å². The van der Waals surface area contributed by atoms with Crippen molar-refractivity contribution in [2.75, 3.05) is 17.0 Å². The predicted octanol–water partition coefficient (Wildman–Crippen LogP) is 2.02. The predicted molar refractivity (Wildman–Crippen MR) is 114 cm³/mol. The van der Waals surface area contributed by atoms with Gasteiger partial charge in [-0.25, -0.2) is 31.1 Å². The molecular formula is C19H19N5O5S2. The molecule has 0 unspecified atom stereocenters. The van der Waals surface area contributed by atoms with Crippen molar-refractivity contribution in [3.8, 4) is 11.3 Å². The number of rotatable bonds is 8. The highest BCUT2D eigenvalue weighted by atomic mass is 32.2. The van der Waals surface area contributed by atoms with Crippen LogP contribution in [0.3, 0.4) is 0 Å². The zero-order valence-electron chi connectivity index (χ0n) is 16.4. The van der Waals surface area contributed by atoms with Gasteiger partial charge in [-0.05, 0) is 30.3 Å². The van der Waals surface area contributed by atoms with E-state index in [9.17, 15) is 16.8 Å². The molecule has 4 aromatic rings. The number of aryl methyl sites for hydroxylation is 1. The van der Waals surface area contributed by atoms with Crippen molar-refractivity contribution in [3.63, 3.8) is 0 Å². The number of oxazole rings is 1. The fourth-order valence-electron chi connectivity index (χ4n) is 2.91. The van der Waals surface area contributed by atoms with E-state index in [4.69, 9.17) is 4.42 Å². The summed E-state index contributed by atoms with van der Waals surface area (Å²) < 4.78 is 61.1. The molecule has 10 nitrogen and oxygen atoms in total. The lowest BCUT2D eigenvalue weighted by atomic mass is 10.2. The van der Waals surface area contributed by atoms with Crippen LogP contribution in [0.2, 0.25) is 0 Å². The minimum absolute atomic E-state index is 0.0213. The molecule has 0 amide bonds. The van der Waals surface area contributed by atoms with E-state index in [1.807, 2.05) is 0 Å². The zero-order chi connectivity index (χ0) is 22.1. The van der Waals surface area contributed by atoms with Gasteiger partial charge in [0.15, 0.2) is 5.89 Å². The summed E-state index contributed by atoms with van der Waals surface area (Å²) in [4.78, 5) is 4.21. The minimum atomic E-state index is -3.87. The van der Waals surface area contributed by atoms with Crippen molar-refractivity contribution < 1.29 is 21.3 Å². The van der Waals surface area contributed by atoms with Crippen LogP contribution >= 0.6 is 0 Å². The molecule has 0 spiro atoms.